The molecule has 3 atom stereocenters. The van der Waals surface area contributed by atoms with Crippen molar-refractivity contribution in [3.8, 4) is 0 Å². The van der Waals surface area contributed by atoms with Crippen LogP contribution < -0.4 is 0 Å². The zero-order valence-corrected chi connectivity index (χ0v) is 17.0. The maximum atomic E-state index is 13.3. The number of Topliss-reactive ketones (excluding diaryl/α,β-unsaturated/α-hetero) is 1. The van der Waals surface area contributed by atoms with E-state index in [1.807, 2.05) is 31.2 Å². The Balaban J connectivity index is 1.72. The molecule has 126 valence electrons. The summed E-state index contributed by atoms with van der Waals surface area (Å²) in [6, 6.07) is 7.90. The number of benzene rings is 1. The predicted molar refractivity (Wildman–Crippen MR) is 102 cm³/mol. The molecule has 1 heterocycles. The Morgan fingerprint density at radius 1 is 1.29 bits per heavy atom. The van der Waals surface area contributed by atoms with E-state index in [-0.39, 0.29) is 16.3 Å². The van der Waals surface area contributed by atoms with Crippen LogP contribution >= 0.6 is 39.0 Å². The van der Waals surface area contributed by atoms with Crippen LogP contribution in [0.4, 0.5) is 0 Å². The fraction of sp³-hybridized carbons (Fsp3) is 0.500. The number of carbonyl (C=O) groups excluding carboxylic acids is 2. The summed E-state index contributed by atoms with van der Waals surface area (Å²) in [4.78, 5) is 30.3. The van der Waals surface area contributed by atoms with Crippen LogP contribution in [0.1, 0.15) is 33.6 Å². The number of hydrogen-bond donors (Lipinski definition) is 0. The van der Waals surface area contributed by atoms with Crippen molar-refractivity contribution in [2.24, 2.45) is 16.2 Å². The van der Waals surface area contributed by atoms with Gasteiger partial charge in [-0.1, -0.05) is 48.8 Å². The van der Waals surface area contributed by atoms with Gasteiger partial charge in [0.2, 0.25) is 5.12 Å². The van der Waals surface area contributed by atoms with Crippen molar-refractivity contribution >= 4 is 60.1 Å². The molecule has 0 aliphatic heterocycles. The minimum absolute atomic E-state index is 0.0722. The summed E-state index contributed by atoms with van der Waals surface area (Å²) in [5.41, 5.74) is -0.512. The fourth-order valence-corrected chi connectivity index (χ4v) is 8.45. The SMILES string of the molecule is CC12CCC(C(=O)Sc3nc4ccccc4s3)(C(Br)C1=O)C2(C)C. The third-order valence-corrected chi connectivity index (χ3v) is 9.88. The van der Waals surface area contributed by atoms with Crippen molar-refractivity contribution in [1.82, 2.24) is 4.98 Å². The molecule has 0 N–H and O–H groups in total. The molecule has 2 aromatic rings. The van der Waals surface area contributed by atoms with Gasteiger partial charge in [-0.3, -0.25) is 9.59 Å². The molecule has 2 bridgehead atoms. The van der Waals surface area contributed by atoms with Gasteiger partial charge in [-0.25, -0.2) is 4.98 Å². The first-order valence-corrected chi connectivity index (χ1v) is 10.6. The Hall–Kier alpha value is -0.720. The number of thioether (sulfide) groups is 1. The Labute approximate surface area is 157 Å². The fourth-order valence-electron chi connectivity index (χ4n) is 4.47. The molecule has 0 radical (unpaired) electrons. The highest BCUT2D eigenvalue weighted by atomic mass is 79.9. The Kier molecular flexibility index (Phi) is 3.59. The summed E-state index contributed by atoms with van der Waals surface area (Å²) < 4.78 is 1.85. The minimum Gasteiger partial charge on any atom is -0.298 e. The number of alkyl halides is 1. The molecule has 2 aliphatic rings. The average molecular weight is 424 g/mol. The standard InChI is InChI=1S/C18H18BrNO2S2/c1-16(2)17(3)8-9-18(16,12(19)13(17)21)14(22)24-15-20-10-6-4-5-7-11(10)23-15/h4-7,12H,8-9H2,1-3H3. The zero-order valence-electron chi connectivity index (χ0n) is 13.8. The quantitative estimate of drug-likeness (QED) is 0.499. The van der Waals surface area contributed by atoms with Gasteiger partial charge in [0.1, 0.15) is 0 Å². The van der Waals surface area contributed by atoms with Crippen molar-refractivity contribution in [3.63, 3.8) is 0 Å². The van der Waals surface area contributed by atoms with Crippen LogP contribution in [-0.4, -0.2) is 20.7 Å². The highest BCUT2D eigenvalue weighted by molar-refractivity contribution is 9.10. The number of ketones is 1. The molecule has 4 rings (SSSR count). The molecular formula is C18H18BrNO2S2. The molecule has 2 fully saturated rings. The monoisotopic (exact) mass is 423 g/mol. The Bertz CT molecular complexity index is 844. The molecule has 24 heavy (non-hydrogen) atoms. The highest BCUT2D eigenvalue weighted by Gasteiger charge is 2.76. The van der Waals surface area contributed by atoms with Crippen molar-refractivity contribution < 1.29 is 9.59 Å². The largest absolute Gasteiger partial charge is 0.298 e. The van der Waals surface area contributed by atoms with E-state index in [1.54, 1.807) is 0 Å². The zero-order chi connectivity index (χ0) is 17.3. The number of para-hydroxylation sites is 1. The topological polar surface area (TPSA) is 47.0 Å². The summed E-state index contributed by atoms with van der Waals surface area (Å²) in [5.74, 6) is 0.178. The number of fused-ring (bicyclic) bond motifs is 3. The van der Waals surface area contributed by atoms with E-state index >= 15 is 0 Å². The second-order valence-corrected chi connectivity index (χ2v) is 10.7. The highest BCUT2D eigenvalue weighted by Crippen LogP contribution is 2.73. The second kappa shape index (κ2) is 5.15. The average Bonchev–Trinajstić information content (AvgIpc) is 3.06. The molecule has 0 spiro atoms. The number of thiazole rings is 1. The molecule has 2 saturated carbocycles. The van der Waals surface area contributed by atoms with Crippen LogP contribution in [0.25, 0.3) is 10.2 Å². The summed E-state index contributed by atoms with van der Waals surface area (Å²) >= 11 is 6.33. The molecule has 3 nitrogen and oxygen atoms in total. The van der Waals surface area contributed by atoms with Gasteiger partial charge in [-0.2, -0.15) is 0 Å². The van der Waals surface area contributed by atoms with Gasteiger partial charge in [-0.05, 0) is 42.2 Å². The lowest BCUT2D eigenvalue weighted by molar-refractivity contribution is -0.128. The van der Waals surface area contributed by atoms with Crippen LogP contribution in [0.3, 0.4) is 0 Å². The number of rotatable bonds is 2. The number of hydrogen-bond acceptors (Lipinski definition) is 5. The smallest absolute Gasteiger partial charge is 0.204 e. The van der Waals surface area contributed by atoms with Gasteiger partial charge in [-0.15, -0.1) is 11.3 Å². The van der Waals surface area contributed by atoms with E-state index in [2.05, 4.69) is 34.8 Å². The van der Waals surface area contributed by atoms with Crippen LogP contribution in [0.2, 0.25) is 0 Å². The molecule has 3 unspecified atom stereocenters. The molecule has 6 heteroatoms. The van der Waals surface area contributed by atoms with Gasteiger partial charge < -0.3 is 0 Å². The normalized spacial score (nSPS) is 34.2. The minimum atomic E-state index is -0.651. The molecule has 2 aliphatic carbocycles. The first-order valence-electron chi connectivity index (χ1n) is 8.00. The number of halogens is 1. The van der Waals surface area contributed by atoms with Crippen molar-refractivity contribution in [2.75, 3.05) is 0 Å². The molecule has 0 amide bonds. The van der Waals surface area contributed by atoms with E-state index in [1.165, 1.54) is 23.1 Å². The molecule has 0 saturated heterocycles. The van der Waals surface area contributed by atoms with Crippen LogP contribution in [0.5, 0.6) is 0 Å². The summed E-state index contributed by atoms with van der Waals surface area (Å²) in [5, 5.41) is 0.0722. The van der Waals surface area contributed by atoms with E-state index in [9.17, 15) is 9.59 Å². The van der Waals surface area contributed by atoms with E-state index in [0.717, 1.165) is 27.4 Å². The molecule has 1 aromatic heterocycles. The first-order chi connectivity index (χ1) is 11.2. The Morgan fingerprint density at radius 2 is 2.00 bits per heavy atom. The second-order valence-electron chi connectivity index (χ2n) is 7.49. The summed E-state index contributed by atoms with van der Waals surface area (Å²) in [7, 11) is 0. The van der Waals surface area contributed by atoms with Crippen LogP contribution in [0, 0.1) is 16.2 Å². The van der Waals surface area contributed by atoms with Crippen molar-refractivity contribution in [3.05, 3.63) is 24.3 Å². The van der Waals surface area contributed by atoms with Gasteiger partial charge in [0.15, 0.2) is 10.1 Å². The van der Waals surface area contributed by atoms with E-state index in [0.29, 0.717) is 0 Å². The lowest BCUT2D eigenvalue weighted by Crippen LogP contribution is -2.43. The molecular weight excluding hydrogens is 406 g/mol. The van der Waals surface area contributed by atoms with Gasteiger partial charge in [0, 0.05) is 5.41 Å². The van der Waals surface area contributed by atoms with Crippen molar-refractivity contribution in [1.29, 1.82) is 0 Å². The van der Waals surface area contributed by atoms with Crippen LogP contribution in [0.15, 0.2) is 28.6 Å². The number of nitrogens with zero attached hydrogens (tertiary/aromatic N) is 1. The van der Waals surface area contributed by atoms with Gasteiger partial charge >= 0.3 is 0 Å². The summed E-state index contributed by atoms with van der Waals surface area (Å²) in [6.45, 7) is 6.18. The number of carbonyl (C=O) groups is 2. The van der Waals surface area contributed by atoms with Crippen molar-refractivity contribution in [2.45, 2.75) is 42.8 Å². The first kappa shape index (κ1) is 16.7. The predicted octanol–water partition coefficient (Wildman–Crippen LogP) is 5.07. The lowest BCUT2D eigenvalue weighted by Gasteiger charge is -2.39. The molecule has 1 aromatic carbocycles. The maximum Gasteiger partial charge on any atom is 0.204 e. The summed E-state index contributed by atoms with van der Waals surface area (Å²) in [6.07, 6.45) is 1.54. The third-order valence-electron chi connectivity index (χ3n) is 6.54. The Morgan fingerprint density at radius 3 is 2.62 bits per heavy atom. The van der Waals surface area contributed by atoms with Gasteiger partial charge in [0.25, 0.3) is 0 Å². The maximum absolute atomic E-state index is 13.3. The van der Waals surface area contributed by atoms with E-state index < -0.39 is 15.7 Å². The van der Waals surface area contributed by atoms with E-state index in [4.69, 9.17) is 0 Å². The van der Waals surface area contributed by atoms with Crippen LogP contribution in [-0.2, 0) is 9.59 Å². The lowest BCUT2D eigenvalue weighted by atomic mass is 9.65. The third kappa shape index (κ3) is 1.82. The number of aromatic nitrogens is 1. The van der Waals surface area contributed by atoms with Gasteiger partial charge in [0.05, 0.1) is 20.5 Å².